The molecule has 3 nitrogen and oxygen atoms in total. The van der Waals surface area contributed by atoms with Crippen molar-refractivity contribution < 1.29 is 27.4 Å². The van der Waals surface area contributed by atoms with Crippen LogP contribution in [0.3, 0.4) is 0 Å². The van der Waals surface area contributed by atoms with E-state index in [0.717, 1.165) is 11.5 Å². The summed E-state index contributed by atoms with van der Waals surface area (Å²) in [4.78, 5) is 2.94. The van der Waals surface area contributed by atoms with Crippen LogP contribution in [0, 0.1) is 5.82 Å². The highest BCUT2D eigenvalue weighted by Gasteiger charge is 2.56. The first-order valence-corrected chi connectivity index (χ1v) is 9.15. The summed E-state index contributed by atoms with van der Waals surface area (Å²) in [7, 11) is 1.37. The van der Waals surface area contributed by atoms with Crippen LogP contribution < -0.4 is 4.74 Å². The number of para-hydroxylation sites is 1. The van der Waals surface area contributed by atoms with Crippen molar-refractivity contribution in [1.29, 1.82) is 0 Å². The lowest BCUT2D eigenvalue weighted by molar-refractivity contribution is -0.266. The molecule has 0 unspecified atom stereocenters. The Bertz CT molecular complexity index is 976. The molecular formula is C22H23F4NO2. The smallest absolute Gasteiger partial charge is 0.417 e. The van der Waals surface area contributed by atoms with Gasteiger partial charge in [-0.15, -0.1) is 0 Å². The molecule has 0 spiro atoms. The average molecular weight is 409 g/mol. The molecule has 0 aliphatic carbocycles. The number of aromatic nitrogens is 1. The number of aromatic amines is 1. The molecule has 7 heteroatoms. The van der Waals surface area contributed by atoms with E-state index in [0.29, 0.717) is 5.52 Å². The zero-order chi connectivity index (χ0) is 21.4. The number of methoxy groups -OCH3 is 1. The van der Waals surface area contributed by atoms with Gasteiger partial charge in [0.1, 0.15) is 11.6 Å². The van der Waals surface area contributed by atoms with Gasteiger partial charge < -0.3 is 14.8 Å². The van der Waals surface area contributed by atoms with Gasteiger partial charge in [-0.05, 0) is 47.6 Å². The molecule has 2 N–H and O–H groups in total. The molecule has 0 saturated carbocycles. The van der Waals surface area contributed by atoms with Crippen LogP contribution in [0.5, 0.6) is 5.75 Å². The maximum Gasteiger partial charge on any atom is 0.417 e. The van der Waals surface area contributed by atoms with Gasteiger partial charge in [0.05, 0.1) is 7.11 Å². The third kappa shape index (κ3) is 4.24. The SMILES string of the molecule is COc1ccc(F)cc1C(C)(C)C[C@@](O)(Cc1cc2ccccc2[nH]1)C(F)(F)F. The molecule has 0 bridgehead atoms. The molecule has 3 aromatic rings. The summed E-state index contributed by atoms with van der Waals surface area (Å²) >= 11 is 0. The van der Waals surface area contributed by atoms with Crippen LogP contribution in [0.4, 0.5) is 17.6 Å². The summed E-state index contributed by atoms with van der Waals surface area (Å²) in [6, 6.07) is 12.4. The standard InChI is InChI=1S/C22H23F4NO2/c1-20(2,17-11-15(23)8-9-19(17)29-3)13-21(28,22(24,25)26)12-16-10-14-6-4-5-7-18(14)27-16/h4-11,27-28H,12-13H2,1-3H3/t21-/m0/s1. The van der Waals surface area contributed by atoms with Crippen molar-refractivity contribution >= 4 is 10.9 Å². The fraction of sp³-hybridized carbons (Fsp3) is 0.364. The first kappa shape index (κ1) is 21.2. The number of ether oxygens (including phenoxy) is 1. The zero-order valence-corrected chi connectivity index (χ0v) is 16.4. The minimum Gasteiger partial charge on any atom is -0.496 e. The summed E-state index contributed by atoms with van der Waals surface area (Å²) < 4.78 is 61.0. The number of halogens is 4. The highest BCUT2D eigenvalue weighted by Crippen LogP contribution is 2.45. The van der Waals surface area contributed by atoms with E-state index in [2.05, 4.69) is 4.98 Å². The van der Waals surface area contributed by atoms with E-state index in [1.165, 1.54) is 33.1 Å². The van der Waals surface area contributed by atoms with Crippen molar-refractivity contribution in [2.45, 2.75) is 43.9 Å². The van der Waals surface area contributed by atoms with Gasteiger partial charge in [0.25, 0.3) is 0 Å². The van der Waals surface area contributed by atoms with Gasteiger partial charge in [-0.2, -0.15) is 13.2 Å². The lowest BCUT2D eigenvalue weighted by Crippen LogP contribution is -2.51. The van der Waals surface area contributed by atoms with Gasteiger partial charge in [0.15, 0.2) is 5.60 Å². The number of hydrogen-bond donors (Lipinski definition) is 2. The van der Waals surface area contributed by atoms with Crippen molar-refractivity contribution in [3.8, 4) is 5.75 Å². The molecule has 156 valence electrons. The number of alkyl halides is 3. The Morgan fingerprint density at radius 3 is 2.34 bits per heavy atom. The summed E-state index contributed by atoms with van der Waals surface area (Å²) in [6.07, 6.45) is -6.20. The fourth-order valence-electron chi connectivity index (χ4n) is 3.84. The third-order valence-corrected chi connectivity index (χ3v) is 5.22. The van der Waals surface area contributed by atoms with Crippen molar-refractivity contribution in [2.75, 3.05) is 7.11 Å². The predicted octanol–water partition coefficient (Wildman–Crippen LogP) is 5.52. The minimum atomic E-state index is -4.89. The molecule has 1 atom stereocenters. The third-order valence-electron chi connectivity index (χ3n) is 5.22. The van der Waals surface area contributed by atoms with Crippen molar-refractivity contribution in [2.24, 2.45) is 0 Å². The van der Waals surface area contributed by atoms with Crippen LogP contribution in [-0.4, -0.2) is 29.0 Å². The van der Waals surface area contributed by atoms with Gasteiger partial charge >= 0.3 is 6.18 Å². The first-order chi connectivity index (χ1) is 13.4. The van der Waals surface area contributed by atoms with Gasteiger partial charge in [-0.25, -0.2) is 4.39 Å². The Labute approximate surface area is 166 Å². The van der Waals surface area contributed by atoms with E-state index >= 15 is 0 Å². The minimum absolute atomic E-state index is 0.263. The number of benzene rings is 2. The van der Waals surface area contributed by atoms with E-state index in [1.807, 2.05) is 0 Å². The van der Waals surface area contributed by atoms with Crippen molar-refractivity contribution in [3.63, 3.8) is 0 Å². The largest absolute Gasteiger partial charge is 0.496 e. The number of hydrogen-bond acceptors (Lipinski definition) is 2. The molecule has 2 aromatic carbocycles. The quantitative estimate of drug-likeness (QED) is 0.527. The van der Waals surface area contributed by atoms with Crippen LogP contribution in [0.2, 0.25) is 0 Å². The van der Waals surface area contributed by atoms with Gasteiger partial charge in [-0.1, -0.05) is 32.0 Å². The molecule has 0 fully saturated rings. The number of rotatable bonds is 6. The van der Waals surface area contributed by atoms with E-state index < -0.39 is 35.9 Å². The number of nitrogens with one attached hydrogen (secondary N) is 1. The molecule has 3 rings (SSSR count). The van der Waals surface area contributed by atoms with E-state index in [4.69, 9.17) is 4.74 Å². The summed E-state index contributed by atoms with van der Waals surface area (Å²) in [6.45, 7) is 3.07. The molecule has 1 aromatic heterocycles. The van der Waals surface area contributed by atoms with Crippen LogP contribution in [0.1, 0.15) is 31.5 Å². The number of aliphatic hydroxyl groups is 1. The Morgan fingerprint density at radius 1 is 1.03 bits per heavy atom. The maximum absolute atomic E-state index is 14.0. The monoisotopic (exact) mass is 409 g/mol. The number of H-pyrrole nitrogens is 1. The molecule has 0 radical (unpaired) electrons. The van der Waals surface area contributed by atoms with Crippen LogP contribution >= 0.6 is 0 Å². The van der Waals surface area contributed by atoms with Gasteiger partial charge in [0.2, 0.25) is 0 Å². The molecule has 0 aliphatic heterocycles. The molecule has 0 saturated heterocycles. The van der Waals surface area contributed by atoms with Gasteiger partial charge in [0, 0.05) is 23.2 Å². The van der Waals surface area contributed by atoms with E-state index in [9.17, 15) is 22.7 Å². The number of fused-ring (bicyclic) bond motifs is 1. The van der Waals surface area contributed by atoms with E-state index in [-0.39, 0.29) is 17.0 Å². The lowest BCUT2D eigenvalue weighted by Gasteiger charge is -2.38. The van der Waals surface area contributed by atoms with Crippen molar-refractivity contribution in [1.82, 2.24) is 4.98 Å². The Morgan fingerprint density at radius 2 is 1.72 bits per heavy atom. The second-order valence-corrected chi connectivity index (χ2v) is 7.99. The average Bonchev–Trinajstić information content (AvgIpc) is 3.02. The fourth-order valence-corrected chi connectivity index (χ4v) is 3.84. The van der Waals surface area contributed by atoms with Gasteiger partial charge in [-0.3, -0.25) is 0 Å². The topological polar surface area (TPSA) is 45.2 Å². The highest BCUT2D eigenvalue weighted by atomic mass is 19.4. The maximum atomic E-state index is 14.0. The van der Waals surface area contributed by atoms with E-state index in [1.54, 1.807) is 30.3 Å². The normalized spacial score (nSPS) is 14.8. The molecule has 29 heavy (non-hydrogen) atoms. The summed E-state index contributed by atoms with van der Waals surface area (Å²) in [5.74, 6) is -0.313. The Kier molecular flexibility index (Phi) is 5.38. The van der Waals surface area contributed by atoms with Crippen LogP contribution in [-0.2, 0) is 11.8 Å². The summed E-state index contributed by atoms with van der Waals surface area (Å²) in [5.41, 5.74) is -3.01. The lowest BCUT2D eigenvalue weighted by atomic mass is 9.73. The molecule has 0 aliphatic rings. The second-order valence-electron chi connectivity index (χ2n) is 7.99. The molecular weight excluding hydrogens is 386 g/mol. The van der Waals surface area contributed by atoms with Crippen molar-refractivity contribution in [3.05, 3.63) is 65.6 Å². The highest BCUT2D eigenvalue weighted by molar-refractivity contribution is 5.80. The Balaban J connectivity index is 1.99. The second kappa shape index (κ2) is 7.37. The predicted molar refractivity (Wildman–Crippen MR) is 104 cm³/mol. The molecule has 1 heterocycles. The molecule has 0 amide bonds. The van der Waals surface area contributed by atoms with Crippen LogP contribution in [0.15, 0.2) is 48.5 Å². The first-order valence-electron chi connectivity index (χ1n) is 9.15. The zero-order valence-electron chi connectivity index (χ0n) is 16.4. The summed E-state index contributed by atoms with van der Waals surface area (Å²) in [5, 5.41) is 11.5. The van der Waals surface area contributed by atoms with Crippen LogP contribution in [0.25, 0.3) is 10.9 Å². The Hall–Kier alpha value is -2.54.